The molecule has 1 N–H and O–H groups in total. The molecule has 3 heteroatoms. The van der Waals surface area contributed by atoms with Crippen molar-refractivity contribution in [3.05, 3.63) is 65.7 Å². The Morgan fingerprint density at radius 2 is 1.77 bits per heavy atom. The summed E-state index contributed by atoms with van der Waals surface area (Å²) in [7, 11) is 1.65. The van der Waals surface area contributed by atoms with Crippen LogP contribution in [0, 0.1) is 11.8 Å². The van der Waals surface area contributed by atoms with Gasteiger partial charge in [-0.15, -0.1) is 0 Å². The van der Waals surface area contributed by atoms with Crippen LogP contribution in [-0.2, 0) is 11.3 Å². The maximum atomic E-state index is 9.88. The van der Waals surface area contributed by atoms with Crippen LogP contribution in [0.3, 0.4) is 0 Å². The number of ether oxygens (including phenoxy) is 2. The molecule has 114 valence electrons. The van der Waals surface area contributed by atoms with Crippen LogP contribution in [0.2, 0.25) is 0 Å². The third-order valence-electron chi connectivity index (χ3n) is 3.15. The number of aliphatic hydroxyl groups is 1. The zero-order valence-electron chi connectivity index (χ0n) is 12.7. The summed E-state index contributed by atoms with van der Waals surface area (Å²) in [6, 6.07) is 17.2. The minimum absolute atomic E-state index is 0.542. The third kappa shape index (κ3) is 5.25. The van der Waals surface area contributed by atoms with Gasteiger partial charge in [-0.25, -0.2) is 0 Å². The summed E-state index contributed by atoms with van der Waals surface area (Å²) in [6.07, 6.45) is -0.136. The summed E-state index contributed by atoms with van der Waals surface area (Å²) in [5, 5.41) is 9.88. The Bertz CT molecular complexity index is 609. The van der Waals surface area contributed by atoms with Crippen molar-refractivity contribution in [2.75, 3.05) is 13.7 Å². The highest BCUT2D eigenvalue weighted by Crippen LogP contribution is 2.12. The number of methoxy groups -OCH3 is 1. The van der Waals surface area contributed by atoms with Gasteiger partial charge in [0.25, 0.3) is 0 Å². The smallest absolute Gasteiger partial charge is 0.140 e. The molecule has 22 heavy (non-hydrogen) atoms. The van der Waals surface area contributed by atoms with Crippen LogP contribution in [-0.4, -0.2) is 18.8 Å². The van der Waals surface area contributed by atoms with E-state index in [4.69, 9.17) is 9.47 Å². The van der Waals surface area contributed by atoms with E-state index >= 15 is 0 Å². The molecule has 0 fully saturated rings. The zero-order chi connectivity index (χ0) is 15.6. The van der Waals surface area contributed by atoms with Crippen molar-refractivity contribution in [2.24, 2.45) is 0 Å². The van der Waals surface area contributed by atoms with Crippen LogP contribution in [0.1, 0.15) is 23.7 Å². The average molecular weight is 296 g/mol. The molecule has 0 aliphatic heterocycles. The molecular formula is C19H20O3. The normalized spacial score (nSPS) is 11.4. The Morgan fingerprint density at radius 3 is 2.45 bits per heavy atom. The number of benzene rings is 2. The van der Waals surface area contributed by atoms with Crippen LogP contribution in [0.15, 0.2) is 54.6 Å². The standard InChI is InChI=1S/C19H20O3/c1-21-18-12-10-16(11-13-18)15-22-14-6-5-9-19(20)17-7-3-2-4-8-17/h2-4,7-8,10-13,19-20H,6,14-15H2,1H3/t19-/m0/s1. The quantitative estimate of drug-likeness (QED) is 0.656. The molecule has 0 aliphatic carbocycles. The lowest BCUT2D eigenvalue weighted by Gasteiger charge is -2.04. The van der Waals surface area contributed by atoms with Crippen molar-refractivity contribution in [1.82, 2.24) is 0 Å². The molecule has 3 nitrogen and oxygen atoms in total. The summed E-state index contributed by atoms with van der Waals surface area (Å²) >= 11 is 0. The van der Waals surface area contributed by atoms with Gasteiger partial charge in [0.1, 0.15) is 11.9 Å². The summed E-state index contributed by atoms with van der Waals surface area (Å²) in [4.78, 5) is 0. The zero-order valence-corrected chi connectivity index (χ0v) is 12.7. The predicted molar refractivity (Wildman–Crippen MR) is 86.4 cm³/mol. The third-order valence-corrected chi connectivity index (χ3v) is 3.15. The van der Waals surface area contributed by atoms with E-state index in [9.17, 15) is 5.11 Å². The number of aliphatic hydroxyl groups excluding tert-OH is 1. The largest absolute Gasteiger partial charge is 0.497 e. The lowest BCUT2D eigenvalue weighted by molar-refractivity contribution is 0.126. The highest BCUT2D eigenvalue weighted by Gasteiger charge is 2.00. The molecule has 2 aromatic rings. The van der Waals surface area contributed by atoms with Crippen LogP contribution < -0.4 is 4.74 Å². The van der Waals surface area contributed by atoms with Gasteiger partial charge in [-0.2, -0.15) is 0 Å². The maximum Gasteiger partial charge on any atom is 0.140 e. The van der Waals surface area contributed by atoms with E-state index in [1.165, 1.54) is 0 Å². The Labute approximate surface area is 131 Å². The van der Waals surface area contributed by atoms with Crippen molar-refractivity contribution >= 4 is 0 Å². The second-order valence-corrected chi connectivity index (χ2v) is 4.78. The fraction of sp³-hybridized carbons (Fsp3) is 0.263. The number of rotatable bonds is 6. The second-order valence-electron chi connectivity index (χ2n) is 4.78. The molecule has 1 atom stereocenters. The molecule has 0 saturated heterocycles. The lowest BCUT2D eigenvalue weighted by Crippen LogP contribution is -1.96. The minimum atomic E-state index is -0.734. The maximum absolute atomic E-state index is 9.88. The van der Waals surface area contributed by atoms with Crippen molar-refractivity contribution < 1.29 is 14.6 Å². The molecule has 0 unspecified atom stereocenters. The summed E-state index contributed by atoms with van der Waals surface area (Å²) < 4.78 is 10.7. The van der Waals surface area contributed by atoms with Gasteiger partial charge in [0.2, 0.25) is 0 Å². The predicted octanol–water partition coefficient (Wildman–Crippen LogP) is 3.34. The van der Waals surface area contributed by atoms with E-state index in [1.54, 1.807) is 7.11 Å². The highest BCUT2D eigenvalue weighted by molar-refractivity contribution is 5.27. The first-order valence-corrected chi connectivity index (χ1v) is 7.21. The van der Waals surface area contributed by atoms with Crippen molar-refractivity contribution in [1.29, 1.82) is 0 Å². The molecule has 0 spiro atoms. The SMILES string of the molecule is COc1ccc(COCCC#C[C@H](O)c2ccccc2)cc1. The number of hydrogen-bond acceptors (Lipinski definition) is 3. The van der Waals surface area contributed by atoms with Gasteiger partial charge in [0, 0.05) is 6.42 Å². The van der Waals surface area contributed by atoms with Crippen molar-refractivity contribution in [3.8, 4) is 17.6 Å². The van der Waals surface area contributed by atoms with Gasteiger partial charge >= 0.3 is 0 Å². The molecule has 2 rings (SSSR count). The molecule has 0 saturated carbocycles. The molecule has 0 bridgehead atoms. The van der Waals surface area contributed by atoms with E-state index in [0.717, 1.165) is 16.9 Å². The van der Waals surface area contributed by atoms with E-state index in [1.807, 2.05) is 54.6 Å². The van der Waals surface area contributed by atoms with Crippen LogP contribution in [0.4, 0.5) is 0 Å². The fourth-order valence-corrected chi connectivity index (χ4v) is 1.92. The average Bonchev–Trinajstić information content (AvgIpc) is 2.59. The lowest BCUT2D eigenvalue weighted by atomic mass is 10.1. The Balaban J connectivity index is 1.68. The second kappa shape index (κ2) is 8.89. The van der Waals surface area contributed by atoms with Gasteiger partial charge in [-0.1, -0.05) is 54.3 Å². The highest BCUT2D eigenvalue weighted by atomic mass is 16.5. The Morgan fingerprint density at radius 1 is 1.05 bits per heavy atom. The van der Waals surface area contributed by atoms with Crippen molar-refractivity contribution in [3.63, 3.8) is 0 Å². The van der Waals surface area contributed by atoms with Crippen LogP contribution in [0.25, 0.3) is 0 Å². The molecule has 0 aliphatic rings. The first-order chi connectivity index (χ1) is 10.8. The van der Waals surface area contributed by atoms with Gasteiger partial charge in [0.15, 0.2) is 0 Å². The molecule has 2 aromatic carbocycles. The topological polar surface area (TPSA) is 38.7 Å². The first kappa shape index (κ1) is 16.1. The van der Waals surface area contributed by atoms with Crippen molar-refractivity contribution in [2.45, 2.75) is 19.1 Å². The Hall–Kier alpha value is -2.28. The molecule has 0 aromatic heterocycles. The van der Waals surface area contributed by atoms with E-state index < -0.39 is 6.10 Å². The summed E-state index contributed by atoms with van der Waals surface area (Å²) in [6.45, 7) is 1.09. The van der Waals surface area contributed by atoms with Gasteiger partial charge in [-0.05, 0) is 23.3 Å². The molecule has 0 heterocycles. The van der Waals surface area contributed by atoms with Gasteiger partial charge in [-0.3, -0.25) is 0 Å². The van der Waals surface area contributed by atoms with Crippen LogP contribution in [0.5, 0.6) is 5.75 Å². The van der Waals surface area contributed by atoms with E-state index in [0.29, 0.717) is 19.6 Å². The first-order valence-electron chi connectivity index (χ1n) is 7.21. The fourth-order valence-electron chi connectivity index (χ4n) is 1.92. The van der Waals surface area contributed by atoms with Crippen LogP contribution >= 0.6 is 0 Å². The summed E-state index contributed by atoms with van der Waals surface area (Å²) in [5.74, 6) is 6.60. The monoisotopic (exact) mass is 296 g/mol. The van der Waals surface area contributed by atoms with Gasteiger partial charge in [0.05, 0.1) is 20.3 Å². The molecule has 0 radical (unpaired) electrons. The molecular weight excluding hydrogens is 276 g/mol. The Kier molecular flexibility index (Phi) is 6.50. The van der Waals surface area contributed by atoms with E-state index in [-0.39, 0.29) is 0 Å². The number of hydrogen-bond donors (Lipinski definition) is 1. The van der Waals surface area contributed by atoms with Gasteiger partial charge < -0.3 is 14.6 Å². The minimum Gasteiger partial charge on any atom is -0.497 e. The summed E-state index contributed by atoms with van der Waals surface area (Å²) in [5.41, 5.74) is 1.91. The van der Waals surface area contributed by atoms with E-state index in [2.05, 4.69) is 11.8 Å². The molecule has 0 amide bonds.